The maximum absolute atomic E-state index is 11.6. The minimum atomic E-state index is -0.967. The predicted molar refractivity (Wildman–Crippen MR) is 178 cm³/mol. The van der Waals surface area contributed by atoms with Gasteiger partial charge in [-0.2, -0.15) is 0 Å². The number of carboxylic acids is 1. The zero-order chi connectivity index (χ0) is 30.1. The molecule has 2 fully saturated rings. The number of thiazole rings is 1. The van der Waals surface area contributed by atoms with Crippen LogP contribution in [0.5, 0.6) is 11.5 Å². The lowest BCUT2D eigenvalue weighted by Gasteiger charge is -2.22. The second kappa shape index (κ2) is 14.8. The molecule has 2 aliphatic carbocycles. The molecule has 0 bridgehead atoms. The quantitative estimate of drug-likeness (QED) is 0.166. The molecule has 0 aliphatic heterocycles. The number of aromatic carboxylic acids is 1. The third-order valence-corrected chi connectivity index (χ3v) is 9.85. The average molecular weight is 611 g/mol. The molecule has 7 heteroatoms. The molecule has 0 atom stereocenters. The Bertz CT molecular complexity index is 1500. The molecule has 2 N–H and O–H groups in total. The van der Waals surface area contributed by atoms with Gasteiger partial charge in [0.1, 0.15) is 18.1 Å². The van der Waals surface area contributed by atoms with Gasteiger partial charge in [0.25, 0.3) is 0 Å². The molecule has 0 spiro atoms. The summed E-state index contributed by atoms with van der Waals surface area (Å²) in [6, 6.07) is 21.9. The first kappa shape index (κ1) is 30.2. The summed E-state index contributed by atoms with van der Waals surface area (Å²) >= 11 is 1.50. The first-order valence-corrected chi connectivity index (χ1v) is 17.0. The van der Waals surface area contributed by atoms with Gasteiger partial charge >= 0.3 is 5.97 Å². The number of nitrogens with zero attached hydrogens (tertiary/aromatic N) is 1. The van der Waals surface area contributed by atoms with Crippen molar-refractivity contribution in [1.82, 2.24) is 4.98 Å². The number of rotatable bonds is 12. The van der Waals surface area contributed by atoms with Crippen molar-refractivity contribution < 1.29 is 19.4 Å². The third kappa shape index (κ3) is 8.00. The molecule has 230 valence electrons. The van der Waals surface area contributed by atoms with E-state index in [0.29, 0.717) is 24.9 Å². The van der Waals surface area contributed by atoms with E-state index in [4.69, 9.17) is 14.5 Å². The van der Waals surface area contributed by atoms with Crippen LogP contribution in [0.4, 0.5) is 10.8 Å². The minimum Gasteiger partial charge on any atom is -0.491 e. The lowest BCUT2D eigenvalue weighted by atomic mass is 9.84. The van der Waals surface area contributed by atoms with Gasteiger partial charge in [0.15, 0.2) is 5.13 Å². The molecule has 44 heavy (non-hydrogen) atoms. The van der Waals surface area contributed by atoms with Crippen LogP contribution in [0.2, 0.25) is 0 Å². The summed E-state index contributed by atoms with van der Waals surface area (Å²) in [4.78, 5) is 16.4. The van der Waals surface area contributed by atoms with E-state index in [-0.39, 0.29) is 5.56 Å². The van der Waals surface area contributed by atoms with Gasteiger partial charge in [-0.3, -0.25) is 0 Å². The van der Waals surface area contributed by atoms with E-state index in [9.17, 15) is 9.90 Å². The number of hydrogen-bond acceptors (Lipinski definition) is 6. The summed E-state index contributed by atoms with van der Waals surface area (Å²) in [5.74, 6) is 1.81. The van der Waals surface area contributed by atoms with Crippen molar-refractivity contribution in [2.45, 2.75) is 83.2 Å². The van der Waals surface area contributed by atoms with Gasteiger partial charge in [0, 0.05) is 10.9 Å². The summed E-state index contributed by atoms with van der Waals surface area (Å²) in [5, 5.41) is 15.6. The Morgan fingerprint density at radius 3 is 2.32 bits per heavy atom. The Morgan fingerprint density at radius 1 is 0.864 bits per heavy atom. The Morgan fingerprint density at radius 2 is 1.59 bits per heavy atom. The summed E-state index contributed by atoms with van der Waals surface area (Å²) in [6.45, 7) is 1.12. The van der Waals surface area contributed by atoms with Gasteiger partial charge in [0.2, 0.25) is 0 Å². The first-order chi connectivity index (χ1) is 21.6. The number of hydrogen-bond donors (Lipinski definition) is 2. The molecule has 6 rings (SSSR count). The van der Waals surface area contributed by atoms with Gasteiger partial charge in [0.05, 0.1) is 23.6 Å². The maximum atomic E-state index is 11.6. The fraction of sp³-hybridized carbons (Fsp3) is 0.405. The number of anilines is 2. The van der Waals surface area contributed by atoms with Gasteiger partial charge in [-0.1, -0.05) is 75.6 Å². The van der Waals surface area contributed by atoms with Crippen molar-refractivity contribution in [1.29, 1.82) is 0 Å². The van der Waals surface area contributed by atoms with Gasteiger partial charge in [-0.15, -0.1) is 11.3 Å². The number of carbonyl (C=O) groups is 1. The second-order valence-corrected chi connectivity index (χ2v) is 13.1. The van der Waals surface area contributed by atoms with Crippen molar-refractivity contribution in [2.75, 3.05) is 11.9 Å². The standard InChI is InChI=1S/C37H42N2O4S/c40-36(41)31-17-20-33(35(23-31)42-22-21-26-7-3-1-4-8-26)38-37-39-34(25-44-37)30-15-18-32(19-16-30)43-24-27-11-13-29(14-12-27)28-9-5-2-6-10-28/h11-20,23,25-26,28H,1-10,21-22,24H2,(H,38,39)(H,40,41). The highest BCUT2D eigenvalue weighted by Crippen LogP contribution is 2.35. The largest absolute Gasteiger partial charge is 0.491 e. The Hall–Kier alpha value is -3.84. The molecule has 1 aromatic heterocycles. The van der Waals surface area contributed by atoms with Crippen molar-refractivity contribution in [3.63, 3.8) is 0 Å². The molecule has 0 unspecified atom stereocenters. The van der Waals surface area contributed by atoms with Crippen LogP contribution in [-0.4, -0.2) is 22.7 Å². The normalized spacial score (nSPS) is 16.0. The highest BCUT2D eigenvalue weighted by Gasteiger charge is 2.17. The molecule has 4 aromatic rings. The van der Waals surface area contributed by atoms with Gasteiger partial charge in [-0.05, 0) is 84.7 Å². The zero-order valence-corrected chi connectivity index (χ0v) is 26.1. The zero-order valence-electron chi connectivity index (χ0n) is 25.3. The van der Waals surface area contributed by atoms with Crippen molar-refractivity contribution >= 4 is 28.1 Å². The van der Waals surface area contributed by atoms with E-state index >= 15 is 0 Å². The predicted octanol–water partition coefficient (Wildman–Crippen LogP) is 10.2. The maximum Gasteiger partial charge on any atom is 0.335 e. The Kier molecular flexibility index (Phi) is 10.1. The molecule has 3 aromatic carbocycles. The lowest BCUT2D eigenvalue weighted by Crippen LogP contribution is -2.11. The van der Waals surface area contributed by atoms with Crippen LogP contribution < -0.4 is 14.8 Å². The number of aromatic nitrogens is 1. The molecule has 6 nitrogen and oxygen atoms in total. The molecule has 0 amide bonds. The fourth-order valence-electron chi connectivity index (χ4n) is 6.48. The smallest absolute Gasteiger partial charge is 0.335 e. The number of ether oxygens (including phenoxy) is 2. The SMILES string of the molecule is O=C(O)c1ccc(Nc2nc(-c3ccc(OCc4ccc(C5CCCCC5)cc4)cc3)cs2)c(OCCC2CCCCC2)c1. The summed E-state index contributed by atoms with van der Waals surface area (Å²) in [5.41, 5.74) is 5.44. The van der Waals surface area contributed by atoms with E-state index in [2.05, 4.69) is 29.6 Å². The number of benzene rings is 3. The van der Waals surface area contributed by atoms with Crippen LogP contribution in [0.15, 0.2) is 72.1 Å². The van der Waals surface area contributed by atoms with Crippen molar-refractivity contribution in [3.8, 4) is 22.8 Å². The van der Waals surface area contributed by atoms with E-state index in [1.807, 2.05) is 29.6 Å². The van der Waals surface area contributed by atoms with Crippen LogP contribution in [0.25, 0.3) is 11.3 Å². The van der Waals surface area contributed by atoms with Crippen molar-refractivity contribution in [2.24, 2.45) is 5.92 Å². The third-order valence-electron chi connectivity index (χ3n) is 9.09. The van der Waals surface area contributed by atoms with Crippen LogP contribution in [-0.2, 0) is 6.61 Å². The summed E-state index contributed by atoms with van der Waals surface area (Å²) < 4.78 is 12.2. The van der Waals surface area contributed by atoms with Crippen molar-refractivity contribution in [3.05, 3.63) is 88.8 Å². The van der Waals surface area contributed by atoms with E-state index in [1.165, 1.54) is 86.7 Å². The molecule has 0 radical (unpaired) electrons. The molecule has 1 heterocycles. The second-order valence-electron chi connectivity index (χ2n) is 12.2. The van der Waals surface area contributed by atoms with Crippen LogP contribution in [0.1, 0.15) is 98.0 Å². The first-order valence-electron chi connectivity index (χ1n) is 16.2. The Balaban J connectivity index is 1.05. The van der Waals surface area contributed by atoms with Crippen LogP contribution in [0, 0.1) is 5.92 Å². The van der Waals surface area contributed by atoms with Crippen LogP contribution >= 0.6 is 11.3 Å². The van der Waals surface area contributed by atoms with Crippen LogP contribution in [0.3, 0.4) is 0 Å². The molecule has 2 aliphatic rings. The monoisotopic (exact) mass is 610 g/mol. The van der Waals surface area contributed by atoms with Gasteiger partial charge in [-0.25, -0.2) is 9.78 Å². The Labute approximate surface area is 264 Å². The lowest BCUT2D eigenvalue weighted by molar-refractivity contribution is 0.0696. The number of nitrogens with one attached hydrogen (secondary N) is 1. The molecular formula is C37H42N2O4S. The van der Waals surface area contributed by atoms with E-state index < -0.39 is 5.97 Å². The topological polar surface area (TPSA) is 80.7 Å². The molecule has 2 saturated carbocycles. The minimum absolute atomic E-state index is 0.210. The van der Waals surface area contributed by atoms with E-state index in [0.717, 1.165) is 40.2 Å². The fourth-order valence-corrected chi connectivity index (χ4v) is 7.21. The van der Waals surface area contributed by atoms with Gasteiger partial charge < -0.3 is 19.9 Å². The highest BCUT2D eigenvalue weighted by atomic mass is 32.1. The highest BCUT2D eigenvalue weighted by molar-refractivity contribution is 7.14. The number of carboxylic acid groups (broad SMARTS) is 1. The average Bonchev–Trinajstić information content (AvgIpc) is 3.54. The van der Waals surface area contributed by atoms with E-state index in [1.54, 1.807) is 18.2 Å². The summed E-state index contributed by atoms with van der Waals surface area (Å²) in [7, 11) is 0. The summed E-state index contributed by atoms with van der Waals surface area (Å²) in [6.07, 6.45) is 14.1. The molecule has 0 saturated heterocycles. The molecular weight excluding hydrogens is 568 g/mol.